The lowest BCUT2D eigenvalue weighted by atomic mass is 10.2. The molecule has 140 valence electrons. The molecule has 3 rings (SSSR count). The summed E-state index contributed by atoms with van der Waals surface area (Å²) in [5.41, 5.74) is 1.40. The van der Waals surface area contributed by atoms with Crippen LogP contribution in [0.5, 0.6) is 5.75 Å². The SMILES string of the molecule is COc1ccc(Cl)cc1NC(=O)C(=O)Nc1cccc(N2CCCC2=O)c1. The first-order chi connectivity index (χ1) is 13.0. The predicted octanol–water partition coefficient (Wildman–Crippen LogP) is 3.05. The minimum atomic E-state index is -0.863. The summed E-state index contributed by atoms with van der Waals surface area (Å²) < 4.78 is 5.14. The van der Waals surface area contributed by atoms with Crippen LogP contribution >= 0.6 is 11.6 Å². The third kappa shape index (κ3) is 4.38. The number of anilines is 3. The Bertz CT molecular complexity index is 900. The fourth-order valence-electron chi connectivity index (χ4n) is 2.82. The van der Waals surface area contributed by atoms with Crippen LogP contribution in [0.15, 0.2) is 42.5 Å². The Hall–Kier alpha value is -3.06. The minimum absolute atomic E-state index is 0.0456. The Morgan fingerprint density at radius 1 is 1.11 bits per heavy atom. The van der Waals surface area contributed by atoms with Gasteiger partial charge in [-0.05, 0) is 42.8 Å². The van der Waals surface area contributed by atoms with Crippen LogP contribution < -0.4 is 20.3 Å². The first-order valence-corrected chi connectivity index (χ1v) is 8.72. The number of methoxy groups -OCH3 is 1. The van der Waals surface area contributed by atoms with E-state index in [4.69, 9.17) is 16.3 Å². The number of nitrogens with one attached hydrogen (secondary N) is 2. The molecule has 1 heterocycles. The zero-order valence-corrected chi connectivity index (χ0v) is 15.4. The molecule has 0 atom stereocenters. The molecular formula is C19H18ClN3O4. The zero-order chi connectivity index (χ0) is 19.4. The summed E-state index contributed by atoms with van der Waals surface area (Å²) in [5, 5.41) is 5.40. The molecule has 0 aromatic heterocycles. The fraction of sp³-hybridized carbons (Fsp3) is 0.211. The molecule has 0 unspecified atom stereocenters. The van der Waals surface area contributed by atoms with Gasteiger partial charge in [-0.3, -0.25) is 14.4 Å². The Labute approximate surface area is 161 Å². The van der Waals surface area contributed by atoms with Gasteiger partial charge in [0.2, 0.25) is 5.91 Å². The lowest BCUT2D eigenvalue weighted by Gasteiger charge is -2.16. The van der Waals surface area contributed by atoms with Gasteiger partial charge >= 0.3 is 11.8 Å². The predicted molar refractivity (Wildman–Crippen MR) is 103 cm³/mol. The Morgan fingerprint density at radius 3 is 2.59 bits per heavy atom. The van der Waals surface area contributed by atoms with Crippen LogP contribution in [0.1, 0.15) is 12.8 Å². The van der Waals surface area contributed by atoms with Crippen molar-refractivity contribution in [2.75, 3.05) is 29.2 Å². The number of ether oxygens (including phenoxy) is 1. The second-order valence-corrected chi connectivity index (χ2v) is 6.39. The van der Waals surface area contributed by atoms with Crippen LogP contribution in [-0.2, 0) is 14.4 Å². The van der Waals surface area contributed by atoms with Gasteiger partial charge in [-0.25, -0.2) is 0 Å². The molecule has 2 N–H and O–H groups in total. The monoisotopic (exact) mass is 387 g/mol. The maximum atomic E-state index is 12.2. The van der Waals surface area contributed by atoms with Crippen molar-refractivity contribution in [1.29, 1.82) is 0 Å². The number of halogens is 1. The number of carbonyl (C=O) groups is 3. The molecule has 1 aliphatic heterocycles. The summed E-state index contributed by atoms with van der Waals surface area (Å²) >= 11 is 5.92. The fourth-order valence-corrected chi connectivity index (χ4v) is 2.99. The average molecular weight is 388 g/mol. The van der Waals surface area contributed by atoms with Gasteiger partial charge in [0, 0.05) is 29.4 Å². The van der Waals surface area contributed by atoms with Gasteiger partial charge in [0.05, 0.1) is 12.8 Å². The van der Waals surface area contributed by atoms with E-state index in [9.17, 15) is 14.4 Å². The van der Waals surface area contributed by atoms with Crippen LogP contribution in [0.25, 0.3) is 0 Å². The highest BCUT2D eigenvalue weighted by Crippen LogP contribution is 2.28. The molecule has 1 aliphatic rings. The van der Waals surface area contributed by atoms with E-state index in [2.05, 4.69) is 10.6 Å². The van der Waals surface area contributed by atoms with Gasteiger partial charge < -0.3 is 20.3 Å². The number of nitrogens with zero attached hydrogens (tertiary/aromatic N) is 1. The van der Waals surface area contributed by atoms with Crippen molar-refractivity contribution in [2.24, 2.45) is 0 Å². The number of rotatable bonds is 4. The first-order valence-electron chi connectivity index (χ1n) is 8.34. The minimum Gasteiger partial charge on any atom is -0.495 e. The topological polar surface area (TPSA) is 87.7 Å². The van der Waals surface area contributed by atoms with Crippen LogP contribution in [0, 0.1) is 0 Å². The quantitative estimate of drug-likeness (QED) is 0.789. The highest BCUT2D eigenvalue weighted by Gasteiger charge is 2.22. The highest BCUT2D eigenvalue weighted by molar-refractivity contribution is 6.44. The number of amides is 3. The van der Waals surface area contributed by atoms with E-state index in [1.165, 1.54) is 13.2 Å². The largest absolute Gasteiger partial charge is 0.495 e. The number of benzene rings is 2. The van der Waals surface area contributed by atoms with Gasteiger partial charge in [0.25, 0.3) is 0 Å². The van der Waals surface area contributed by atoms with E-state index in [1.54, 1.807) is 41.3 Å². The standard InChI is InChI=1S/C19H18ClN3O4/c1-27-16-8-7-12(20)10-15(16)22-19(26)18(25)21-13-4-2-5-14(11-13)23-9-3-6-17(23)24/h2,4-5,7-8,10-11H,3,6,9H2,1H3,(H,21,25)(H,22,26). The van der Waals surface area contributed by atoms with Crippen molar-refractivity contribution in [2.45, 2.75) is 12.8 Å². The maximum absolute atomic E-state index is 12.2. The smallest absolute Gasteiger partial charge is 0.314 e. The van der Waals surface area contributed by atoms with Crippen LogP contribution in [0.4, 0.5) is 17.1 Å². The third-order valence-corrected chi connectivity index (χ3v) is 4.34. The normalized spacial score (nSPS) is 13.4. The van der Waals surface area contributed by atoms with Gasteiger partial charge in [-0.1, -0.05) is 17.7 Å². The number of carbonyl (C=O) groups excluding carboxylic acids is 3. The molecule has 1 fully saturated rings. The molecule has 2 aromatic carbocycles. The second-order valence-electron chi connectivity index (χ2n) is 5.95. The van der Waals surface area contributed by atoms with Crippen molar-refractivity contribution in [3.05, 3.63) is 47.5 Å². The van der Waals surface area contributed by atoms with Gasteiger partial charge in [-0.2, -0.15) is 0 Å². The Kier molecular flexibility index (Phi) is 5.61. The second kappa shape index (κ2) is 8.09. The number of hydrogen-bond acceptors (Lipinski definition) is 4. The van der Waals surface area contributed by atoms with Gasteiger partial charge in [0.1, 0.15) is 5.75 Å². The molecule has 7 nitrogen and oxygen atoms in total. The van der Waals surface area contributed by atoms with Crippen LogP contribution in [0.3, 0.4) is 0 Å². The Morgan fingerprint density at radius 2 is 1.89 bits per heavy atom. The lowest BCUT2D eigenvalue weighted by Crippen LogP contribution is -2.29. The molecule has 0 bridgehead atoms. The van der Waals surface area contributed by atoms with Gasteiger partial charge in [0.15, 0.2) is 0 Å². The van der Waals surface area contributed by atoms with E-state index < -0.39 is 11.8 Å². The van der Waals surface area contributed by atoms with Crippen LogP contribution in [0.2, 0.25) is 5.02 Å². The molecule has 0 saturated carbocycles. The highest BCUT2D eigenvalue weighted by atomic mass is 35.5. The van der Waals surface area contributed by atoms with Crippen molar-refractivity contribution in [3.8, 4) is 5.75 Å². The lowest BCUT2D eigenvalue weighted by molar-refractivity contribution is -0.133. The maximum Gasteiger partial charge on any atom is 0.314 e. The Balaban J connectivity index is 1.69. The van der Waals surface area contributed by atoms with E-state index in [0.29, 0.717) is 40.8 Å². The molecule has 8 heteroatoms. The van der Waals surface area contributed by atoms with Crippen molar-refractivity contribution < 1.29 is 19.1 Å². The van der Waals surface area contributed by atoms with Crippen molar-refractivity contribution in [3.63, 3.8) is 0 Å². The third-order valence-electron chi connectivity index (χ3n) is 4.11. The summed E-state index contributed by atoms with van der Waals surface area (Å²) in [7, 11) is 1.45. The van der Waals surface area contributed by atoms with Gasteiger partial charge in [-0.15, -0.1) is 0 Å². The summed E-state index contributed by atoms with van der Waals surface area (Å²) in [6, 6.07) is 11.5. The van der Waals surface area contributed by atoms with Crippen molar-refractivity contribution in [1.82, 2.24) is 0 Å². The zero-order valence-electron chi connectivity index (χ0n) is 14.6. The van der Waals surface area contributed by atoms with E-state index >= 15 is 0 Å². The molecule has 3 amide bonds. The summed E-state index contributed by atoms with van der Waals surface area (Å²) in [6.45, 7) is 0.644. The number of hydrogen-bond donors (Lipinski definition) is 2. The van der Waals surface area contributed by atoms with E-state index in [1.807, 2.05) is 0 Å². The molecule has 0 spiro atoms. The summed E-state index contributed by atoms with van der Waals surface area (Å²) in [5.74, 6) is -1.28. The van der Waals surface area contributed by atoms with Crippen molar-refractivity contribution >= 4 is 46.4 Å². The van der Waals surface area contributed by atoms with E-state index in [-0.39, 0.29) is 5.91 Å². The van der Waals surface area contributed by atoms with E-state index in [0.717, 1.165) is 6.42 Å². The molecule has 0 radical (unpaired) electrons. The molecule has 0 aliphatic carbocycles. The summed E-state index contributed by atoms with van der Waals surface area (Å²) in [6.07, 6.45) is 1.32. The molecule has 2 aromatic rings. The van der Waals surface area contributed by atoms with Crippen LogP contribution in [-0.4, -0.2) is 31.4 Å². The summed E-state index contributed by atoms with van der Waals surface area (Å²) in [4.78, 5) is 37.9. The molecular weight excluding hydrogens is 370 g/mol. The first kappa shape index (κ1) is 18.7. The molecule has 1 saturated heterocycles. The average Bonchev–Trinajstić information content (AvgIpc) is 3.08. The molecule has 27 heavy (non-hydrogen) atoms.